The minimum absolute atomic E-state index is 0.0450. The smallest absolute Gasteiger partial charge is 0.0895 e. The molecule has 7 nitrogen and oxygen atoms in total. The second-order valence-corrected chi connectivity index (χ2v) is 2.06. The standard InChI is InChI=1S/C4H6N6O/c5-9-7-1-3(8-10-6)4-2-11-4/h3-4H,1-2H2. The van der Waals surface area contributed by atoms with Crippen molar-refractivity contribution in [2.45, 2.75) is 12.1 Å². The first-order chi connectivity index (χ1) is 5.38. The number of epoxide rings is 1. The maximum absolute atomic E-state index is 8.08. The van der Waals surface area contributed by atoms with Crippen LogP contribution in [0.25, 0.3) is 20.9 Å². The van der Waals surface area contributed by atoms with E-state index in [0.717, 1.165) is 0 Å². The van der Waals surface area contributed by atoms with Gasteiger partial charge in [0.05, 0.1) is 18.8 Å². The number of ether oxygens (including phenoxy) is 1. The molecule has 0 aromatic rings. The van der Waals surface area contributed by atoms with Gasteiger partial charge in [0.2, 0.25) is 0 Å². The highest BCUT2D eigenvalue weighted by atomic mass is 16.6. The molecule has 0 N–H and O–H groups in total. The zero-order chi connectivity index (χ0) is 8.10. The maximum Gasteiger partial charge on any atom is 0.0895 e. The summed E-state index contributed by atoms with van der Waals surface area (Å²) in [4.78, 5) is 5.17. The SMILES string of the molecule is [N-]=[N+]=NCC(N=[N+]=[N-])C1CO1. The molecule has 1 aliphatic heterocycles. The average Bonchev–Trinajstić information content (AvgIpc) is 2.80. The van der Waals surface area contributed by atoms with Crippen LogP contribution in [0.1, 0.15) is 0 Å². The summed E-state index contributed by atoms with van der Waals surface area (Å²) in [6, 6.07) is -0.337. The van der Waals surface area contributed by atoms with Gasteiger partial charge in [0.1, 0.15) is 0 Å². The zero-order valence-electron chi connectivity index (χ0n) is 5.66. The molecule has 0 aromatic carbocycles. The molecule has 0 bridgehead atoms. The Morgan fingerprint density at radius 2 is 2.27 bits per heavy atom. The quantitative estimate of drug-likeness (QED) is 0.259. The van der Waals surface area contributed by atoms with Crippen LogP contribution in [0.2, 0.25) is 0 Å². The second-order valence-electron chi connectivity index (χ2n) is 2.06. The first-order valence-electron chi connectivity index (χ1n) is 3.05. The van der Waals surface area contributed by atoms with Crippen LogP contribution in [0, 0.1) is 0 Å². The molecule has 2 atom stereocenters. The molecule has 11 heavy (non-hydrogen) atoms. The average molecular weight is 154 g/mol. The van der Waals surface area contributed by atoms with Gasteiger partial charge in [-0.1, -0.05) is 10.2 Å². The van der Waals surface area contributed by atoms with E-state index in [2.05, 4.69) is 20.1 Å². The van der Waals surface area contributed by atoms with Gasteiger partial charge in [-0.2, -0.15) is 0 Å². The Morgan fingerprint density at radius 1 is 1.55 bits per heavy atom. The van der Waals surface area contributed by atoms with Gasteiger partial charge < -0.3 is 4.74 Å². The second kappa shape index (κ2) is 3.68. The third-order valence-corrected chi connectivity index (χ3v) is 1.32. The summed E-state index contributed by atoms with van der Waals surface area (Å²) < 4.78 is 4.87. The summed E-state index contributed by atoms with van der Waals surface area (Å²) in [6.07, 6.45) is -0.0450. The Kier molecular flexibility index (Phi) is 2.57. The van der Waals surface area contributed by atoms with Crippen LogP contribution in [0.5, 0.6) is 0 Å². The number of hydrogen-bond donors (Lipinski definition) is 0. The molecule has 1 fully saturated rings. The molecule has 0 spiro atoms. The molecule has 1 aliphatic rings. The molecule has 0 radical (unpaired) electrons. The van der Waals surface area contributed by atoms with Crippen LogP contribution < -0.4 is 0 Å². The minimum atomic E-state index is -0.337. The maximum atomic E-state index is 8.08. The third kappa shape index (κ3) is 2.35. The van der Waals surface area contributed by atoms with Gasteiger partial charge in [-0.3, -0.25) is 0 Å². The van der Waals surface area contributed by atoms with Crippen molar-refractivity contribution in [1.29, 1.82) is 0 Å². The first kappa shape index (κ1) is 7.68. The number of azide groups is 2. The Morgan fingerprint density at radius 3 is 2.73 bits per heavy atom. The lowest BCUT2D eigenvalue weighted by Gasteiger charge is -1.99. The molecular formula is C4H6N6O. The van der Waals surface area contributed by atoms with Crippen molar-refractivity contribution >= 4 is 0 Å². The fourth-order valence-electron chi connectivity index (χ4n) is 0.693. The van der Waals surface area contributed by atoms with E-state index in [1.54, 1.807) is 0 Å². The van der Waals surface area contributed by atoms with Crippen molar-refractivity contribution in [1.82, 2.24) is 0 Å². The molecule has 0 aromatic heterocycles. The highest BCUT2D eigenvalue weighted by Crippen LogP contribution is 2.17. The summed E-state index contributed by atoms with van der Waals surface area (Å²) in [5.41, 5.74) is 16.0. The lowest BCUT2D eigenvalue weighted by molar-refractivity contribution is 0.375. The fraction of sp³-hybridized carbons (Fsp3) is 1.00. The topological polar surface area (TPSA) is 110 Å². The van der Waals surface area contributed by atoms with Crippen LogP contribution >= 0.6 is 0 Å². The van der Waals surface area contributed by atoms with Gasteiger partial charge in [0, 0.05) is 16.4 Å². The highest BCUT2D eigenvalue weighted by Gasteiger charge is 2.31. The van der Waals surface area contributed by atoms with E-state index in [0.29, 0.717) is 6.61 Å². The predicted octanol–water partition coefficient (Wildman–Crippen LogP) is 1.37. The van der Waals surface area contributed by atoms with Crippen molar-refractivity contribution in [3.8, 4) is 0 Å². The van der Waals surface area contributed by atoms with Crippen molar-refractivity contribution in [3.63, 3.8) is 0 Å². The molecule has 7 heteroatoms. The van der Waals surface area contributed by atoms with Crippen molar-refractivity contribution < 1.29 is 4.74 Å². The molecule has 1 heterocycles. The van der Waals surface area contributed by atoms with E-state index in [1.165, 1.54) is 0 Å². The Balaban J connectivity index is 2.44. The molecule has 0 saturated carbocycles. The van der Waals surface area contributed by atoms with Crippen LogP contribution in [0.3, 0.4) is 0 Å². The predicted molar refractivity (Wildman–Crippen MR) is 36.7 cm³/mol. The van der Waals surface area contributed by atoms with E-state index >= 15 is 0 Å². The molecule has 0 amide bonds. The molecular weight excluding hydrogens is 148 g/mol. The third-order valence-electron chi connectivity index (χ3n) is 1.32. The largest absolute Gasteiger partial charge is 0.373 e. The van der Waals surface area contributed by atoms with Gasteiger partial charge in [-0.25, -0.2) is 0 Å². The van der Waals surface area contributed by atoms with E-state index < -0.39 is 0 Å². The monoisotopic (exact) mass is 154 g/mol. The van der Waals surface area contributed by atoms with Crippen LogP contribution in [-0.2, 0) is 4.74 Å². The lowest BCUT2D eigenvalue weighted by atomic mass is 10.2. The van der Waals surface area contributed by atoms with Gasteiger partial charge in [-0.05, 0) is 11.1 Å². The van der Waals surface area contributed by atoms with E-state index in [9.17, 15) is 0 Å². The van der Waals surface area contributed by atoms with Gasteiger partial charge >= 0.3 is 0 Å². The van der Waals surface area contributed by atoms with Crippen molar-refractivity contribution in [2.75, 3.05) is 13.2 Å². The number of rotatable bonds is 4. The fourth-order valence-corrected chi connectivity index (χ4v) is 0.693. The summed E-state index contributed by atoms with van der Waals surface area (Å²) in [6.45, 7) is 0.760. The zero-order valence-corrected chi connectivity index (χ0v) is 5.66. The number of nitrogens with zero attached hydrogens (tertiary/aromatic N) is 6. The molecule has 0 aliphatic carbocycles. The first-order valence-corrected chi connectivity index (χ1v) is 3.05. The van der Waals surface area contributed by atoms with E-state index in [-0.39, 0.29) is 18.7 Å². The summed E-state index contributed by atoms with van der Waals surface area (Å²) >= 11 is 0. The Hall–Kier alpha value is -1.42. The van der Waals surface area contributed by atoms with E-state index in [1.807, 2.05) is 0 Å². The summed E-state index contributed by atoms with van der Waals surface area (Å²) in [7, 11) is 0. The molecule has 58 valence electrons. The van der Waals surface area contributed by atoms with Crippen LogP contribution in [0.15, 0.2) is 10.2 Å². The van der Waals surface area contributed by atoms with Gasteiger partial charge in [0.15, 0.2) is 0 Å². The summed E-state index contributed by atoms with van der Waals surface area (Å²) in [5.74, 6) is 0. The van der Waals surface area contributed by atoms with E-state index in [4.69, 9.17) is 15.8 Å². The van der Waals surface area contributed by atoms with Crippen LogP contribution in [-0.4, -0.2) is 25.3 Å². The lowest BCUT2D eigenvalue weighted by Crippen LogP contribution is -2.14. The Labute approximate surface area is 62.2 Å². The van der Waals surface area contributed by atoms with Crippen molar-refractivity contribution in [2.24, 2.45) is 10.2 Å². The minimum Gasteiger partial charge on any atom is -0.373 e. The van der Waals surface area contributed by atoms with Crippen LogP contribution in [0.4, 0.5) is 0 Å². The highest BCUT2D eigenvalue weighted by molar-refractivity contribution is 4.86. The molecule has 2 unspecified atom stereocenters. The van der Waals surface area contributed by atoms with Gasteiger partial charge in [0.25, 0.3) is 0 Å². The number of hydrogen-bond acceptors (Lipinski definition) is 3. The molecule has 1 rings (SSSR count). The van der Waals surface area contributed by atoms with Gasteiger partial charge in [-0.15, -0.1) is 0 Å². The normalized spacial score (nSPS) is 22.7. The van der Waals surface area contributed by atoms with Crippen molar-refractivity contribution in [3.05, 3.63) is 20.9 Å². The molecule has 1 saturated heterocycles. The Bertz CT molecular complexity index is 223. The summed E-state index contributed by atoms with van der Waals surface area (Å²) in [5, 5.41) is 6.70.